The van der Waals surface area contributed by atoms with Crippen LogP contribution in [0.2, 0.25) is 5.02 Å². The topological polar surface area (TPSA) is 79.3 Å². The van der Waals surface area contributed by atoms with Crippen LogP contribution >= 0.6 is 23.4 Å². The number of hydrogen-bond donors (Lipinski definition) is 0. The van der Waals surface area contributed by atoms with Gasteiger partial charge in [0.1, 0.15) is 11.4 Å². The predicted molar refractivity (Wildman–Crippen MR) is 199 cm³/mol. The smallest absolute Gasteiger partial charge is 0.354 e. The third-order valence-corrected chi connectivity index (χ3v) is 11.4. The Bertz CT molecular complexity index is 2270. The van der Waals surface area contributed by atoms with Crippen molar-refractivity contribution >= 4 is 51.0 Å². The van der Waals surface area contributed by atoms with Gasteiger partial charge in [-0.15, -0.1) is 11.8 Å². The fourth-order valence-corrected chi connectivity index (χ4v) is 9.02. The molecule has 9 nitrogen and oxygen atoms in total. The molecule has 6 aromatic rings. The summed E-state index contributed by atoms with van der Waals surface area (Å²) in [7, 11) is 5.59. The number of ether oxygens (including phenoxy) is 2. The van der Waals surface area contributed by atoms with Gasteiger partial charge in [-0.05, 0) is 80.9 Å². The molecule has 3 aromatic carbocycles. The number of nitrogens with zero attached hydrogens (tertiary/aromatic N) is 6. The predicted octanol–water partition coefficient (Wildman–Crippen LogP) is 8.18. The zero-order valence-corrected chi connectivity index (χ0v) is 30.5. The van der Waals surface area contributed by atoms with Gasteiger partial charge < -0.3 is 14.0 Å². The largest absolute Gasteiger partial charge is 0.493 e. The maximum atomic E-state index is 13.5. The zero-order valence-electron chi connectivity index (χ0n) is 29.0. The number of fused-ring (bicyclic) bond motifs is 10. The molecule has 0 saturated carbocycles. The number of rotatable bonds is 1. The van der Waals surface area contributed by atoms with E-state index >= 15 is 0 Å². The average molecular weight is 709 g/mol. The van der Waals surface area contributed by atoms with Crippen LogP contribution in [0.4, 0.5) is 0 Å². The van der Waals surface area contributed by atoms with Crippen molar-refractivity contribution in [1.29, 1.82) is 0 Å². The summed E-state index contributed by atoms with van der Waals surface area (Å²) in [6.07, 6.45) is 3.81. The number of carbonyl (C=O) groups is 1. The lowest BCUT2D eigenvalue weighted by molar-refractivity contribution is 0.0587. The van der Waals surface area contributed by atoms with Crippen molar-refractivity contribution in [3.05, 3.63) is 93.7 Å². The van der Waals surface area contributed by atoms with E-state index in [1.807, 2.05) is 36.9 Å². The lowest BCUT2D eigenvalue weighted by atomic mass is 9.94. The van der Waals surface area contributed by atoms with Crippen molar-refractivity contribution in [1.82, 2.24) is 29.0 Å². The minimum Gasteiger partial charge on any atom is -0.493 e. The van der Waals surface area contributed by atoms with Crippen LogP contribution in [-0.2, 0) is 50.1 Å². The normalized spacial score (nSPS) is 15.8. The van der Waals surface area contributed by atoms with E-state index in [4.69, 9.17) is 31.3 Å². The maximum Gasteiger partial charge on any atom is 0.354 e. The second kappa shape index (κ2) is 13.5. The summed E-state index contributed by atoms with van der Waals surface area (Å²) < 4.78 is 18.2. The number of methoxy groups -OCH3 is 1. The van der Waals surface area contributed by atoms with E-state index in [0.29, 0.717) is 43.4 Å². The molecule has 11 heteroatoms. The van der Waals surface area contributed by atoms with E-state index < -0.39 is 0 Å². The Kier molecular flexibility index (Phi) is 8.87. The third kappa shape index (κ3) is 5.87. The van der Waals surface area contributed by atoms with Gasteiger partial charge in [0.25, 0.3) is 0 Å². The molecule has 0 fully saturated rings. The maximum absolute atomic E-state index is 13.5. The molecular weight excluding hydrogens is 668 g/mol. The van der Waals surface area contributed by atoms with Crippen LogP contribution in [0, 0.1) is 6.92 Å². The number of thioether (sulfide) groups is 1. The first-order valence-electron chi connectivity index (χ1n) is 17.3. The summed E-state index contributed by atoms with van der Waals surface area (Å²) in [5.74, 6) is 1.29. The fraction of sp³-hybridized carbons (Fsp3) is 0.359. The molecule has 2 aliphatic rings. The van der Waals surface area contributed by atoms with Crippen LogP contribution in [0.3, 0.4) is 0 Å². The van der Waals surface area contributed by atoms with Gasteiger partial charge in [-0.1, -0.05) is 35.9 Å². The van der Waals surface area contributed by atoms with E-state index in [9.17, 15) is 4.79 Å². The molecule has 3 aromatic heterocycles. The molecule has 0 atom stereocenters. The lowest BCUT2D eigenvalue weighted by Gasteiger charge is -2.18. The van der Waals surface area contributed by atoms with Crippen molar-refractivity contribution < 1.29 is 14.3 Å². The van der Waals surface area contributed by atoms with Crippen LogP contribution in [0.5, 0.6) is 5.75 Å². The number of aryl methyl sites for hydroxylation is 4. The molecule has 0 N–H and O–H groups in total. The lowest BCUT2D eigenvalue weighted by Crippen LogP contribution is -2.18. The minimum absolute atomic E-state index is 0.362. The van der Waals surface area contributed by atoms with Crippen molar-refractivity contribution in [2.24, 2.45) is 7.05 Å². The SMILES string of the molecule is COC(=O)c1c(C)c2c3c(Cl)ccc2n1CCCOc1cc(cc2ccccc12)SCc1cc(nn1C)CN(C)Cc1nn2c(c1-3)CCCC2. The van der Waals surface area contributed by atoms with Crippen molar-refractivity contribution in [2.75, 3.05) is 20.8 Å². The van der Waals surface area contributed by atoms with Gasteiger partial charge in [0.05, 0.1) is 25.1 Å². The van der Waals surface area contributed by atoms with Crippen molar-refractivity contribution in [3.8, 4) is 16.9 Å². The van der Waals surface area contributed by atoms with Crippen LogP contribution in [0.25, 0.3) is 32.8 Å². The van der Waals surface area contributed by atoms with Crippen molar-refractivity contribution in [3.63, 3.8) is 0 Å². The number of hydrogen-bond acceptors (Lipinski definition) is 7. The van der Waals surface area contributed by atoms with Crippen LogP contribution in [0.1, 0.15) is 58.1 Å². The summed E-state index contributed by atoms with van der Waals surface area (Å²) in [5.41, 5.74) is 8.76. The van der Waals surface area contributed by atoms with Gasteiger partial charge >= 0.3 is 5.97 Å². The quantitative estimate of drug-likeness (QED) is 0.160. The molecule has 0 amide bonds. The standard InChI is InChI=1S/C39H41ClN6O3S/c1-24-35-32-14-13-30(40)36(35)37-31(42-46-16-8-7-12-33(37)46)22-43(2)21-26-19-27(44(3)41-26)23-50-28-18-25-10-5-6-11-29(25)34(20-28)49-17-9-15-45(32)38(24)39(47)48-4/h5-6,10-11,13-14,18-20H,7-9,12,15-17,21-23H2,1-4H3. The third-order valence-electron chi connectivity index (χ3n) is 10.1. The molecule has 50 heavy (non-hydrogen) atoms. The van der Waals surface area contributed by atoms with Crippen LogP contribution < -0.4 is 4.74 Å². The molecule has 0 radical (unpaired) electrons. The number of benzene rings is 3. The summed E-state index contributed by atoms with van der Waals surface area (Å²) >= 11 is 8.98. The summed E-state index contributed by atoms with van der Waals surface area (Å²) in [4.78, 5) is 16.9. The first-order valence-corrected chi connectivity index (χ1v) is 18.6. The molecule has 0 aliphatic carbocycles. The van der Waals surface area contributed by atoms with E-state index in [-0.39, 0.29) is 5.97 Å². The summed E-state index contributed by atoms with van der Waals surface area (Å²) in [5, 5.41) is 14.0. The Balaban J connectivity index is 1.29. The highest BCUT2D eigenvalue weighted by Crippen LogP contribution is 2.44. The van der Waals surface area contributed by atoms with Gasteiger partial charge in [-0.25, -0.2) is 4.79 Å². The van der Waals surface area contributed by atoms with E-state index in [2.05, 4.69) is 57.6 Å². The first kappa shape index (κ1) is 32.9. The highest BCUT2D eigenvalue weighted by molar-refractivity contribution is 7.98. The fourth-order valence-electron chi connectivity index (χ4n) is 7.78. The average Bonchev–Trinajstić information content (AvgIpc) is 3.74. The molecule has 2 aliphatic heterocycles. The molecule has 5 heterocycles. The van der Waals surface area contributed by atoms with Gasteiger partial charge in [0.15, 0.2) is 0 Å². The Morgan fingerprint density at radius 1 is 0.980 bits per heavy atom. The molecular formula is C39H41ClN6O3S. The number of aromatic nitrogens is 5. The first-order chi connectivity index (χ1) is 24.3. The Morgan fingerprint density at radius 3 is 2.70 bits per heavy atom. The highest BCUT2D eigenvalue weighted by atomic mass is 35.5. The van der Waals surface area contributed by atoms with Gasteiger partial charge in [0, 0.05) is 87.7 Å². The number of esters is 1. The molecule has 0 spiro atoms. The van der Waals surface area contributed by atoms with Gasteiger partial charge in [0.2, 0.25) is 0 Å². The van der Waals surface area contributed by atoms with E-state index in [1.54, 1.807) is 11.8 Å². The molecule has 0 unspecified atom stereocenters. The summed E-state index contributed by atoms with van der Waals surface area (Å²) in [6.45, 7) is 5.25. The molecule has 8 rings (SSSR count). The Morgan fingerprint density at radius 2 is 1.84 bits per heavy atom. The van der Waals surface area contributed by atoms with Crippen molar-refractivity contribution in [2.45, 2.75) is 69.4 Å². The zero-order chi connectivity index (χ0) is 34.5. The van der Waals surface area contributed by atoms with Gasteiger partial charge in [-0.2, -0.15) is 10.2 Å². The monoisotopic (exact) mass is 708 g/mol. The molecule has 258 valence electrons. The minimum atomic E-state index is -0.362. The van der Waals surface area contributed by atoms with Crippen LogP contribution in [-0.4, -0.2) is 55.8 Å². The second-order valence-corrected chi connectivity index (χ2v) is 14.9. The second-order valence-electron chi connectivity index (χ2n) is 13.4. The molecule has 8 bridgehead atoms. The Hall–Kier alpha value is -4.25. The van der Waals surface area contributed by atoms with Crippen LogP contribution in [0.15, 0.2) is 59.5 Å². The number of carbonyl (C=O) groups excluding carboxylic acids is 1. The van der Waals surface area contributed by atoms with Gasteiger partial charge in [-0.3, -0.25) is 14.3 Å². The highest BCUT2D eigenvalue weighted by Gasteiger charge is 2.30. The number of halogens is 1. The van der Waals surface area contributed by atoms with E-state index in [1.165, 1.54) is 12.8 Å². The summed E-state index contributed by atoms with van der Waals surface area (Å²) in [6, 6.07) is 18.9. The molecule has 0 saturated heterocycles. The Labute approximate surface area is 301 Å². The van der Waals surface area contributed by atoms with E-state index in [0.717, 1.165) is 97.7 Å².